The van der Waals surface area contributed by atoms with Crippen molar-refractivity contribution in [3.05, 3.63) is 29.3 Å². The summed E-state index contributed by atoms with van der Waals surface area (Å²) in [4.78, 5) is 2.22. The Morgan fingerprint density at radius 3 is 2.95 bits per heavy atom. The van der Waals surface area contributed by atoms with Crippen LogP contribution in [0.4, 0.5) is 5.69 Å². The summed E-state index contributed by atoms with van der Waals surface area (Å²) in [6, 6.07) is 8.15. The first-order valence-electron chi connectivity index (χ1n) is 6.88. The summed E-state index contributed by atoms with van der Waals surface area (Å²) in [5.74, 6) is 0. The summed E-state index contributed by atoms with van der Waals surface area (Å²) >= 11 is 0. The molecule has 0 aliphatic carbocycles. The Kier molecular flexibility index (Phi) is 4.78. The first-order chi connectivity index (χ1) is 9.28. The Morgan fingerprint density at radius 2 is 2.37 bits per heavy atom. The smallest absolute Gasteiger partial charge is 0.101 e. The van der Waals surface area contributed by atoms with Crippen LogP contribution in [0.5, 0.6) is 0 Å². The van der Waals surface area contributed by atoms with Gasteiger partial charge in [0.2, 0.25) is 0 Å². The molecule has 4 heteroatoms. The van der Waals surface area contributed by atoms with Crippen molar-refractivity contribution in [1.82, 2.24) is 0 Å². The number of hydrogen-bond acceptors (Lipinski definition) is 4. The molecule has 4 nitrogen and oxygen atoms in total. The van der Waals surface area contributed by atoms with Gasteiger partial charge in [-0.15, -0.1) is 0 Å². The summed E-state index contributed by atoms with van der Waals surface area (Å²) in [6.07, 6.45) is 2.54. The predicted molar refractivity (Wildman–Crippen MR) is 75.9 cm³/mol. The highest BCUT2D eigenvalue weighted by Crippen LogP contribution is 2.23. The fraction of sp³-hybridized carbons (Fsp3) is 0.533. The average molecular weight is 259 g/mol. The zero-order valence-electron chi connectivity index (χ0n) is 11.4. The van der Waals surface area contributed by atoms with Crippen molar-refractivity contribution in [2.75, 3.05) is 24.6 Å². The van der Waals surface area contributed by atoms with Gasteiger partial charge in [0.25, 0.3) is 0 Å². The molecule has 1 aliphatic rings. The average Bonchev–Trinajstić information content (AvgIpc) is 2.97. The first-order valence-corrected chi connectivity index (χ1v) is 6.88. The lowest BCUT2D eigenvalue weighted by Gasteiger charge is -2.27. The van der Waals surface area contributed by atoms with E-state index in [1.165, 1.54) is 0 Å². The number of nitrogens with two attached hydrogens (primary N) is 1. The highest BCUT2D eigenvalue weighted by atomic mass is 16.5. The summed E-state index contributed by atoms with van der Waals surface area (Å²) in [7, 11) is 0. The summed E-state index contributed by atoms with van der Waals surface area (Å²) in [5.41, 5.74) is 8.30. The molecule has 0 aromatic heterocycles. The van der Waals surface area contributed by atoms with Crippen LogP contribution >= 0.6 is 0 Å². The topological polar surface area (TPSA) is 62.3 Å². The quantitative estimate of drug-likeness (QED) is 0.878. The molecule has 19 heavy (non-hydrogen) atoms. The molecule has 0 spiro atoms. The van der Waals surface area contributed by atoms with Crippen molar-refractivity contribution >= 4 is 5.69 Å². The van der Waals surface area contributed by atoms with E-state index in [4.69, 9.17) is 10.5 Å². The zero-order chi connectivity index (χ0) is 13.7. The van der Waals surface area contributed by atoms with Crippen LogP contribution in [0.2, 0.25) is 0 Å². The molecule has 2 N–H and O–H groups in total. The third kappa shape index (κ3) is 3.25. The number of likely N-dealkylation sites (N-methyl/N-ethyl adjacent to an activating group) is 1. The summed E-state index contributed by atoms with van der Waals surface area (Å²) in [6.45, 7) is 5.16. The SMILES string of the molecule is CCN(CC1CCCO1)c1ccc(CN)cc1C#N. The number of benzene rings is 1. The first kappa shape index (κ1) is 13.9. The van der Waals surface area contributed by atoms with Crippen molar-refractivity contribution < 1.29 is 4.74 Å². The molecule has 0 amide bonds. The third-order valence-corrected chi connectivity index (χ3v) is 3.59. The van der Waals surface area contributed by atoms with Gasteiger partial charge >= 0.3 is 0 Å². The van der Waals surface area contributed by atoms with Gasteiger partial charge in [-0.2, -0.15) is 5.26 Å². The van der Waals surface area contributed by atoms with Crippen LogP contribution in [-0.4, -0.2) is 25.8 Å². The molecule has 1 atom stereocenters. The van der Waals surface area contributed by atoms with E-state index in [0.717, 1.165) is 43.8 Å². The van der Waals surface area contributed by atoms with E-state index in [1.807, 2.05) is 18.2 Å². The van der Waals surface area contributed by atoms with E-state index < -0.39 is 0 Å². The molecule has 1 saturated heterocycles. The molecular weight excluding hydrogens is 238 g/mol. The monoisotopic (exact) mass is 259 g/mol. The zero-order valence-corrected chi connectivity index (χ0v) is 11.4. The van der Waals surface area contributed by atoms with Crippen molar-refractivity contribution in [3.63, 3.8) is 0 Å². The standard InChI is InChI=1S/C15H21N3O/c1-2-18(11-14-4-3-7-19-14)15-6-5-12(9-16)8-13(15)10-17/h5-6,8,14H,2-4,7,9,11,16H2,1H3. The molecule has 1 heterocycles. The fourth-order valence-electron chi connectivity index (χ4n) is 2.51. The minimum atomic E-state index is 0.292. The normalized spacial score (nSPS) is 18.3. The van der Waals surface area contributed by atoms with Crippen molar-refractivity contribution in [2.45, 2.75) is 32.4 Å². The Balaban J connectivity index is 2.19. The molecule has 0 saturated carbocycles. The fourth-order valence-corrected chi connectivity index (χ4v) is 2.51. The molecular formula is C15H21N3O. The lowest BCUT2D eigenvalue weighted by atomic mass is 10.1. The lowest BCUT2D eigenvalue weighted by molar-refractivity contribution is 0.115. The van der Waals surface area contributed by atoms with Crippen molar-refractivity contribution in [2.24, 2.45) is 5.73 Å². The Morgan fingerprint density at radius 1 is 1.53 bits per heavy atom. The van der Waals surface area contributed by atoms with Gasteiger partial charge in [-0.1, -0.05) is 6.07 Å². The third-order valence-electron chi connectivity index (χ3n) is 3.59. The van der Waals surface area contributed by atoms with Crippen molar-refractivity contribution in [3.8, 4) is 6.07 Å². The largest absolute Gasteiger partial charge is 0.376 e. The second-order valence-electron chi connectivity index (χ2n) is 4.84. The Labute approximate surface area is 114 Å². The summed E-state index contributed by atoms with van der Waals surface area (Å²) < 4.78 is 5.68. The van der Waals surface area contributed by atoms with Gasteiger partial charge in [-0.25, -0.2) is 0 Å². The Hall–Kier alpha value is -1.57. The van der Waals surface area contributed by atoms with Crippen LogP contribution in [0.3, 0.4) is 0 Å². The highest BCUT2D eigenvalue weighted by Gasteiger charge is 2.20. The molecule has 102 valence electrons. The van der Waals surface area contributed by atoms with Gasteiger partial charge in [-0.05, 0) is 37.5 Å². The molecule has 1 aromatic carbocycles. The minimum absolute atomic E-state index is 0.292. The van der Waals surface area contributed by atoms with Crippen LogP contribution in [0.25, 0.3) is 0 Å². The van der Waals surface area contributed by atoms with Gasteiger partial charge in [0, 0.05) is 26.2 Å². The molecule has 1 unspecified atom stereocenters. The molecule has 1 fully saturated rings. The van der Waals surface area contributed by atoms with E-state index in [-0.39, 0.29) is 0 Å². The second-order valence-corrected chi connectivity index (χ2v) is 4.84. The van der Waals surface area contributed by atoms with E-state index in [9.17, 15) is 5.26 Å². The van der Waals surface area contributed by atoms with Gasteiger partial charge in [0.15, 0.2) is 0 Å². The van der Waals surface area contributed by atoms with Crippen LogP contribution in [0.15, 0.2) is 18.2 Å². The highest BCUT2D eigenvalue weighted by molar-refractivity contribution is 5.60. The number of ether oxygens (including phenoxy) is 1. The summed E-state index contributed by atoms with van der Waals surface area (Å²) in [5, 5.41) is 9.29. The van der Waals surface area contributed by atoms with Gasteiger partial charge in [0.05, 0.1) is 17.4 Å². The number of rotatable bonds is 5. The number of nitriles is 1. The maximum Gasteiger partial charge on any atom is 0.101 e. The number of hydrogen-bond donors (Lipinski definition) is 1. The van der Waals surface area contributed by atoms with E-state index in [0.29, 0.717) is 18.2 Å². The molecule has 0 bridgehead atoms. The lowest BCUT2D eigenvalue weighted by Crippen LogP contribution is -2.32. The molecule has 0 radical (unpaired) electrons. The second kappa shape index (κ2) is 6.55. The molecule has 1 aromatic rings. The number of anilines is 1. The van der Waals surface area contributed by atoms with Gasteiger partial charge < -0.3 is 15.4 Å². The van der Waals surface area contributed by atoms with Gasteiger partial charge in [0.1, 0.15) is 6.07 Å². The minimum Gasteiger partial charge on any atom is -0.376 e. The predicted octanol–water partition coefficient (Wildman–Crippen LogP) is 2.02. The van der Waals surface area contributed by atoms with E-state index >= 15 is 0 Å². The maximum absolute atomic E-state index is 9.29. The van der Waals surface area contributed by atoms with Crippen LogP contribution < -0.4 is 10.6 Å². The maximum atomic E-state index is 9.29. The molecule has 2 rings (SSSR count). The Bertz CT molecular complexity index is 461. The van der Waals surface area contributed by atoms with Crippen LogP contribution in [0, 0.1) is 11.3 Å². The van der Waals surface area contributed by atoms with E-state index in [1.54, 1.807) is 0 Å². The van der Waals surface area contributed by atoms with Crippen LogP contribution in [0.1, 0.15) is 30.9 Å². The van der Waals surface area contributed by atoms with Crippen molar-refractivity contribution in [1.29, 1.82) is 5.26 Å². The number of nitrogens with zero attached hydrogens (tertiary/aromatic N) is 2. The van der Waals surface area contributed by atoms with Crippen LogP contribution in [-0.2, 0) is 11.3 Å². The van der Waals surface area contributed by atoms with Gasteiger partial charge in [-0.3, -0.25) is 0 Å². The molecule has 1 aliphatic heterocycles. The van der Waals surface area contributed by atoms with E-state index in [2.05, 4.69) is 17.9 Å².